The molecule has 0 saturated carbocycles. The molecule has 0 radical (unpaired) electrons. The molecule has 1 saturated heterocycles. The van der Waals surface area contributed by atoms with Crippen LogP contribution in [-0.2, 0) is 11.2 Å². The summed E-state index contributed by atoms with van der Waals surface area (Å²) in [5, 5.41) is 1.06. The maximum atomic E-state index is 12.3. The highest BCUT2D eigenvalue weighted by Crippen LogP contribution is 2.40. The third-order valence-electron chi connectivity index (χ3n) is 4.74. The molecule has 2 heterocycles. The van der Waals surface area contributed by atoms with Crippen molar-refractivity contribution in [1.82, 2.24) is 9.88 Å². The van der Waals surface area contributed by atoms with Crippen molar-refractivity contribution in [2.75, 3.05) is 13.1 Å². The monoisotopic (exact) mass is 484 g/mol. The van der Waals surface area contributed by atoms with Gasteiger partial charge in [0, 0.05) is 29.0 Å². The summed E-state index contributed by atoms with van der Waals surface area (Å²) in [6.07, 6.45) is 2.48. The van der Waals surface area contributed by atoms with Gasteiger partial charge in [-0.1, -0.05) is 34.5 Å². The molecular weight excluding hydrogens is 460 g/mol. The van der Waals surface area contributed by atoms with Gasteiger partial charge in [0.25, 0.3) is 0 Å². The number of aryl methyl sites for hydroxylation is 1. The standard InChI is InChI=1S/C21H26BrClN2O2S/c1-5-13-10-15(12-16(22)11-13)17-18(23)28-19(24-17)14-6-8-25(9-7-14)20(26)27-21(2,3)4/h10-12,14H,5-9H2,1-4H3. The fraction of sp³-hybridized carbons (Fsp3) is 0.524. The van der Waals surface area contributed by atoms with Crippen molar-refractivity contribution in [3.05, 3.63) is 37.6 Å². The van der Waals surface area contributed by atoms with Crippen LogP contribution in [0.5, 0.6) is 0 Å². The van der Waals surface area contributed by atoms with Crippen molar-refractivity contribution in [2.24, 2.45) is 0 Å². The number of amides is 1. The van der Waals surface area contributed by atoms with Crippen molar-refractivity contribution in [3.63, 3.8) is 0 Å². The van der Waals surface area contributed by atoms with Gasteiger partial charge >= 0.3 is 6.09 Å². The zero-order chi connectivity index (χ0) is 20.5. The summed E-state index contributed by atoms with van der Waals surface area (Å²) in [5.41, 5.74) is 2.69. The molecule has 0 atom stereocenters. The van der Waals surface area contributed by atoms with E-state index < -0.39 is 5.60 Å². The molecule has 152 valence electrons. The summed E-state index contributed by atoms with van der Waals surface area (Å²) in [7, 11) is 0. The molecule has 0 aliphatic carbocycles. The number of carbonyl (C=O) groups is 1. The Morgan fingerprint density at radius 1 is 1.32 bits per heavy atom. The Balaban J connectivity index is 1.71. The number of hydrogen-bond donors (Lipinski definition) is 0. The number of likely N-dealkylation sites (tertiary alicyclic amines) is 1. The Morgan fingerprint density at radius 3 is 2.61 bits per heavy atom. The highest BCUT2D eigenvalue weighted by Gasteiger charge is 2.29. The first kappa shape index (κ1) is 21.6. The van der Waals surface area contributed by atoms with Crippen molar-refractivity contribution < 1.29 is 9.53 Å². The van der Waals surface area contributed by atoms with Crippen LogP contribution >= 0.6 is 38.9 Å². The van der Waals surface area contributed by atoms with E-state index in [2.05, 4.69) is 41.1 Å². The third-order valence-corrected chi connectivity index (χ3v) is 6.61. The number of rotatable bonds is 3. The number of ether oxygens (including phenoxy) is 1. The second kappa shape index (κ2) is 8.72. The smallest absolute Gasteiger partial charge is 0.410 e. The predicted molar refractivity (Wildman–Crippen MR) is 119 cm³/mol. The molecule has 2 aromatic rings. The summed E-state index contributed by atoms with van der Waals surface area (Å²) < 4.78 is 7.25. The number of carbonyl (C=O) groups excluding carboxylic acids is 1. The molecule has 0 N–H and O–H groups in total. The quantitative estimate of drug-likeness (QED) is 0.474. The van der Waals surface area contributed by atoms with Crippen molar-refractivity contribution in [2.45, 2.75) is 58.5 Å². The van der Waals surface area contributed by atoms with Gasteiger partial charge in [-0.2, -0.15) is 0 Å². The van der Waals surface area contributed by atoms with Crippen molar-refractivity contribution >= 4 is 45.0 Å². The lowest BCUT2D eigenvalue weighted by Gasteiger charge is -2.32. The van der Waals surface area contributed by atoms with E-state index in [4.69, 9.17) is 21.3 Å². The summed E-state index contributed by atoms with van der Waals surface area (Å²) in [5.74, 6) is 0.327. The number of piperidine rings is 1. The second-order valence-electron chi connectivity index (χ2n) is 8.12. The van der Waals surface area contributed by atoms with Crippen LogP contribution in [-0.4, -0.2) is 34.7 Å². The Labute approximate surface area is 184 Å². The second-order valence-corrected chi connectivity index (χ2v) is 10.7. The van der Waals surface area contributed by atoms with E-state index in [0.29, 0.717) is 19.0 Å². The van der Waals surface area contributed by atoms with Gasteiger partial charge in [0.05, 0.1) is 5.01 Å². The fourth-order valence-electron chi connectivity index (χ4n) is 3.30. The molecule has 1 aromatic carbocycles. The minimum absolute atomic E-state index is 0.231. The van der Waals surface area contributed by atoms with E-state index in [9.17, 15) is 4.79 Å². The summed E-state index contributed by atoms with van der Waals surface area (Å²) >= 11 is 11.7. The highest BCUT2D eigenvalue weighted by atomic mass is 79.9. The van der Waals surface area contributed by atoms with E-state index in [1.807, 2.05) is 20.8 Å². The van der Waals surface area contributed by atoms with Crippen LogP contribution in [0.1, 0.15) is 57.0 Å². The van der Waals surface area contributed by atoms with Crippen LogP contribution in [0.15, 0.2) is 22.7 Å². The molecule has 1 fully saturated rings. The lowest BCUT2D eigenvalue weighted by atomic mass is 9.98. The van der Waals surface area contributed by atoms with Crippen LogP contribution in [0.4, 0.5) is 4.79 Å². The number of benzene rings is 1. The van der Waals surface area contributed by atoms with E-state index in [-0.39, 0.29) is 6.09 Å². The first-order chi connectivity index (χ1) is 13.2. The van der Waals surface area contributed by atoms with E-state index in [1.165, 1.54) is 5.56 Å². The van der Waals surface area contributed by atoms with Crippen LogP contribution in [0.2, 0.25) is 4.34 Å². The van der Waals surface area contributed by atoms with Crippen LogP contribution in [0.3, 0.4) is 0 Å². The molecule has 7 heteroatoms. The fourth-order valence-corrected chi connectivity index (χ4v) is 5.21. The van der Waals surface area contributed by atoms with E-state index in [1.54, 1.807) is 16.2 Å². The number of hydrogen-bond acceptors (Lipinski definition) is 4. The highest BCUT2D eigenvalue weighted by molar-refractivity contribution is 9.10. The summed E-state index contributed by atoms with van der Waals surface area (Å²) in [4.78, 5) is 18.9. The van der Waals surface area contributed by atoms with Gasteiger partial charge in [-0.25, -0.2) is 9.78 Å². The molecule has 1 aliphatic heterocycles. The predicted octanol–water partition coefficient (Wildman–Crippen LogP) is 6.90. The minimum Gasteiger partial charge on any atom is -0.444 e. The summed E-state index contributed by atoms with van der Waals surface area (Å²) in [6.45, 7) is 9.18. The molecule has 1 aromatic heterocycles. The Hall–Kier alpha value is -1.11. The van der Waals surface area contributed by atoms with Gasteiger partial charge in [0.1, 0.15) is 15.6 Å². The first-order valence-electron chi connectivity index (χ1n) is 9.60. The van der Waals surface area contributed by atoms with Gasteiger partial charge in [-0.15, -0.1) is 11.3 Å². The summed E-state index contributed by atoms with van der Waals surface area (Å²) in [6, 6.07) is 6.34. The van der Waals surface area contributed by atoms with E-state index >= 15 is 0 Å². The Bertz CT molecular complexity index is 855. The third kappa shape index (κ3) is 5.28. The normalized spacial score (nSPS) is 15.7. The minimum atomic E-state index is -0.465. The average Bonchev–Trinajstić information content (AvgIpc) is 3.01. The van der Waals surface area contributed by atoms with Gasteiger partial charge in [0.2, 0.25) is 0 Å². The molecule has 1 amide bonds. The van der Waals surface area contributed by atoms with Crippen LogP contribution in [0.25, 0.3) is 11.3 Å². The molecule has 28 heavy (non-hydrogen) atoms. The first-order valence-corrected chi connectivity index (χ1v) is 11.6. The SMILES string of the molecule is CCc1cc(Br)cc(-c2nc(C3CCN(C(=O)OC(C)(C)C)CC3)sc2Cl)c1. The number of aromatic nitrogens is 1. The zero-order valence-corrected chi connectivity index (χ0v) is 19.9. The van der Waals surface area contributed by atoms with Crippen LogP contribution < -0.4 is 0 Å². The number of nitrogens with zero attached hydrogens (tertiary/aromatic N) is 2. The maximum absolute atomic E-state index is 12.3. The Morgan fingerprint density at radius 2 is 2.00 bits per heavy atom. The zero-order valence-electron chi connectivity index (χ0n) is 16.7. The van der Waals surface area contributed by atoms with Crippen molar-refractivity contribution in [3.8, 4) is 11.3 Å². The number of thiazole rings is 1. The number of halogens is 2. The topological polar surface area (TPSA) is 42.4 Å². The van der Waals surface area contributed by atoms with Gasteiger partial charge < -0.3 is 9.64 Å². The molecule has 3 rings (SSSR count). The van der Waals surface area contributed by atoms with Gasteiger partial charge in [0.15, 0.2) is 0 Å². The average molecular weight is 486 g/mol. The van der Waals surface area contributed by atoms with Crippen molar-refractivity contribution in [1.29, 1.82) is 0 Å². The van der Waals surface area contributed by atoms with Gasteiger partial charge in [-0.05, 0) is 63.8 Å². The molecule has 0 unspecified atom stereocenters. The molecule has 0 spiro atoms. The lowest BCUT2D eigenvalue weighted by molar-refractivity contribution is 0.0205. The lowest BCUT2D eigenvalue weighted by Crippen LogP contribution is -2.41. The van der Waals surface area contributed by atoms with E-state index in [0.717, 1.165) is 44.3 Å². The molecular formula is C21H26BrClN2O2S. The molecule has 0 bridgehead atoms. The maximum Gasteiger partial charge on any atom is 0.410 e. The molecule has 4 nitrogen and oxygen atoms in total. The largest absolute Gasteiger partial charge is 0.444 e. The molecule has 1 aliphatic rings. The Kier molecular flexibility index (Phi) is 6.72. The van der Waals surface area contributed by atoms with Gasteiger partial charge in [-0.3, -0.25) is 0 Å². The van der Waals surface area contributed by atoms with Crippen LogP contribution in [0, 0.1) is 0 Å².